The first-order valence-corrected chi connectivity index (χ1v) is 16.6. The molecule has 2 aliphatic heterocycles. The topological polar surface area (TPSA) is 72.3 Å². The number of fused-ring (bicyclic) bond motifs is 1. The highest BCUT2D eigenvalue weighted by Gasteiger charge is 2.35. The Morgan fingerprint density at radius 1 is 0.932 bits per heavy atom. The molecule has 1 amide bonds. The average molecular weight is 590 g/mol. The molecule has 1 aliphatic carbocycles. The summed E-state index contributed by atoms with van der Waals surface area (Å²) in [7, 11) is 0. The molecule has 1 saturated carbocycles. The highest BCUT2D eigenvalue weighted by Crippen LogP contribution is 2.42. The number of carbonyl (C=O) groups is 1. The fraction of sp³-hybridized carbons (Fsp3) is 0.432. The molecule has 1 atom stereocenters. The molecule has 2 fully saturated rings. The van der Waals surface area contributed by atoms with E-state index in [4.69, 9.17) is 14.8 Å². The highest BCUT2D eigenvalue weighted by atomic mass is 16.5. The molecule has 7 nitrogen and oxygen atoms in total. The van der Waals surface area contributed by atoms with Crippen molar-refractivity contribution < 1.29 is 9.53 Å². The molecule has 1 unspecified atom stereocenters. The molecule has 2 aromatic carbocycles. The monoisotopic (exact) mass is 589 g/mol. The van der Waals surface area contributed by atoms with Crippen LogP contribution in [0, 0.1) is 5.92 Å². The van der Waals surface area contributed by atoms with Gasteiger partial charge in [0.1, 0.15) is 12.4 Å². The zero-order valence-corrected chi connectivity index (χ0v) is 26.2. The van der Waals surface area contributed by atoms with Gasteiger partial charge in [-0.05, 0) is 98.4 Å². The number of carbonyl (C=O) groups excluding carboxylic acids is 1. The van der Waals surface area contributed by atoms with E-state index >= 15 is 0 Å². The van der Waals surface area contributed by atoms with Gasteiger partial charge in [-0.15, -0.1) is 0 Å². The Kier molecular flexibility index (Phi) is 7.87. The van der Waals surface area contributed by atoms with E-state index in [2.05, 4.69) is 85.6 Å². The maximum Gasteiger partial charge on any atom is 0.225 e. The van der Waals surface area contributed by atoms with E-state index in [1.165, 1.54) is 16.8 Å². The number of hydrogen-bond donors (Lipinski definition) is 1. The van der Waals surface area contributed by atoms with Crippen LogP contribution >= 0.6 is 0 Å². The molecule has 2 aromatic heterocycles. The molecule has 7 heteroatoms. The van der Waals surface area contributed by atoms with Gasteiger partial charge in [0.15, 0.2) is 5.82 Å². The van der Waals surface area contributed by atoms with Crippen LogP contribution < -0.4 is 10.1 Å². The number of likely N-dealkylation sites (tertiary alicyclic amines) is 1. The second-order valence-electron chi connectivity index (χ2n) is 12.5. The predicted octanol–water partition coefficient (Wildman–Crippen LogP) is 7.28. The summed E-state index contributed by atoms with van der Waals surface area (Å²) >= 11 is 0. The van der Waals surface area contributed by atoms with Gasteiger partial charge in [0.05, 0.1) is 17.4 Å². The minimum Gasteiger partial charge on any atom is -0.491 e. The van der Waals surface area contributed by atoms with Crippen LogP contribution in [0.5, 0.6) is 5.75 Å². The van der Waals surface area contributed by atoms with Gasteiger partial charge in [-0.1, -0.05) is 45.0 Å². The van der Waals surface area contributed by atoms with Crippen LogP contribution in [-0.4, -0.2) is 45.3 Å². The van der Waals surface area contributed by atoms with Crippen LogP contribution in [0.1, 0.15) is 86.5 Å². The van der Waals surface area contributed by atoms with E-state index in [0.29, 0.717) is 24.3 Å². The normalized spacial score (nSPS) is 18.2. The molecule has 44 heavy (non-hydrogen) atoms. The van der Waals surface area contributed by atoms with Gasteiger partial charge in [-0.3, -0.25) is 4.79 Å². The van der Waals surface area contributed by atoms with Gasteiger partial charge in [-0.2, -0.15) is 5.10 Å². The van der Waals surface area contributed by atoms with Crippen molar-refractivity contribution in [3.05, 3.63) is 88.7 Å². The van der Waals surface area contributed by atoms with E-state index in [-0.39, 0.29) is 6.04 Å². The quantitative estimate of drug-likeness (QED) is 0.222. The Hall–Kier alpha value is -4.13. The molecule has 4 aromatic rings. The van der Waals surface area contributed by atoms with Gasteiger partial charge >= 0.3 is 0 Å². The molecule has 3 aliphatic rings. The first-order valence-electron chi connectivity index (χ1n) is 16.6. The van der Waals surface area contributed by atoms with Crippen molar-refractivity contribution >= 4 is 11.6 Å². The standard InChI is InChI=1S/C37H43N5O2/c1-4-24-21-28(15-16-30(24)25-17-19-41(20-18-25)37(43)26-13-14-26)38-33-23-44-34-11-7-9-31(36(33)34)32-10-8-12-35(39-32)42-29(6-3)22-27(5-2)40-42/h7-12,15-16,21-22,25-26,33,38H,4-6,13-14,17-20,23H2,1-3H3. The van der Waals surface area contributed by atoms with Gasteiger partial charge in [-0.25, -0.2) is 9.67 Å². The molecule has 1 N–H and O–H groups in total. The Morgan fingerprint density at radius 2 is 1.75 bits per heavy atom. The average Bonchev–Trinajstić information content (AvgIpc) is 3.72. The van der Waals surface area contributed by atoms with E-state index in [0.717, 1.165) is 97.8 Å². The number of hydrogen-bond acceptors (Lipinski definition) is 5. The fourth-order valence-corrected chi connectivity index (χ4v) is 7.01. The Balaban J connectivity index is 1.12. The first-order chi connectivity index (χ1) is 21.6. The molecule has 0 radical (unpaired) electrons. The van der Waals surface area contributed by atoms with Crippen LogP contribution in [0.3, 0.4) is 0 Å². The molecule has 4 heterocycles. The van der Waals surface area contributed by atoms with Crippen molar-refractivity contribution in [3.63, 3.8) is 0 Å². The summed E-state index contributed by atoms with van der Waals surface area (Å²) in [6.45, 7) is 8.88. The van der Waals surface area contributed by atoms with Crippen LogP contribution in [0.4, 0.5) is 5.69 Å². The van der Waals surface area contributed by atoms with Crippen LogP contribution in [0.15, 0.2) is 60.7 Å². The van der Waals surface area contributed by atoms with Gasteiger partial charge in [0, 0.05) is 41.5 Å². The molecule has 7 rings (SSSR count). The lowest BCUT2D eigenvalue weighted by atomic mass is 9.85. The van der Waals surface area contributed by atoms with E-state index in [1.54, 1.807) is 0 Å². The van der Waals surface area contributed by atoms with Crippen molar-refractivity contribution in [1.29, 1.82) is 0 Å². The van der Waals surface area contributed by atoms with Crippen LogP contribution in [0.2, 0.25) is 0 Å². The van der Waals surface area contributed by atoms with Gasteiger partial charge in [0.25, 0.3) is 0 Å². The third-order valence-electron chi connectivity index (χ3n) is 9.64. The summed E-state index contributed by atoms with van der Waals surface area (Å²) in [5, 5.41) is 8.63. The van der Waals surface area contributed by atoms with E-state index in [9.17, 15) is 4.79 Å². The summed E-state index contributed by atoms with van der Waals surface area (Å²) < 4.78 is 8.19. The number of pyridine rings is 1. The summed E-state index contributed by atoms with van der Waals surface area (Å²) in [4.78, 5) is 19.8. The number of anilines is 1. The van der Waals surface area contributed by atoms with E-state index < -0.39 is 0 Å². The number of amides is 1. The number of ether oxygens (including phenoxy) is 1. The summed E-state index contributed by atoms with van der Waals surface area (Å²) in [5.41, 5.74) is 9.35. The minimum absolute atomic E-state index is 0.0153. The van der Waals surface area contributed by atoms with Crippen molar-refractivity contribution in [3.8, 4) is 22.8 Å². The summed E-state index contributed by atoms with van der Waals surface area (Å²) in [5.74, 6) is 2.96. The molecular formula is C37H43N5O2. The lowest BCUT2D eigenvalue weighted by molar-refractivity contribution is -0.133. The SMILES string of the molecule is CCc1cc(CC)n(-c2cccc(-c3cccc4c3C(Nc3ccc(C5CCN(C(=O)C6CC6)CC5)c(CC)c3)CO4)n2)n1. The van der Waals surface area contributed by atoms with Crippen LogP contribution in [0.25, 0.3) is 17.1 Å². The van der Waals surface area contributed by atoms with Crippen molar-refractivity contribution in [2.45, 2.75) is 77.7 Å². The number of aromatic nitrogens is 3. The zero-order valence-electron chi connectivity index (χ0n) is 26.2. The fourth-order valence-electron chi connectivity index (χ4n) is 7.01. The predicted molar refractivity (Wildman–Crippen MR) is 175 cm³/mol. The number of rotatable bonds is 9. The smallest absolute Gasteiger partial charge is 0.225 e. The number of piperidine rings is 1. The van der Waals surface area contributed by atoms with Gasteiger partial charge < -0.3 is 15.0 Å². The Morgan fingerprint density at radius 3 is 2.50 bits per heavy atom. The van der Waals surface area contributed by atoms with Gasteiger partial charge in [0.2, 0.25) is 5.91 Å². The molecule has 0 bridgehead atoms. The second-order valence-corrected chi connectivity index (χ2v) is 12.5. The largest absolute Gasteiger partial charge is 0.491 e. The van der Waals surface area contributed by atoms with E-state index in [1.807, 2.05) is 10.7 Å². The number of benzene rings is 2. The Bertz CT molecular complexity index is 1660. The van der Waals surface area contributed by atoms with Crippen molar-refractivity contribution in [2.24, 2.45) is 5.92 Å². The number of nitrogens with one attached hydrogen (secondary N) is 1. The third kappa shape index (κ3) is 5.49. The molecule has 1 saturated heterocycles. The van der Waals surface area contributed by atoms with Crippen molar-refractivity contribution in [1.82, 2.24) is 19.7 Å². The third-order valence-corrected chi connectivity index (χ3v) is 9.64. The number of nitrogens with zero attached hydrogens (tertiary/aromatic N) is 4. The zero-order chi connectivity index (χ0) is 30.2. The summed E-state index contributed by atoms with van der Waals surface area (Å²) in [6, 6.07) is 21.5. The molecule has 228 valence electrons. The Labute approximate surface area is 260 Å². The highest BCUT2D eigenvalue weighted by molar-refractivity contribution is 5.81. The summed E-state index contributed by atoms with van der Waals surface area (Å²) in [6.07, 6.45) is 7.05. The maximum absolute atomic E-state index is 12.6. The number of aryl methyl sites for hydroxylation is 3. The van der Waals surface area contributed by atoms with Crippen molar-refractivity contribution in [2.75, 3.05) is 25.0 Å². The van der Waals surface area contributed by atoms with Crippen LogP contribution in [-0.2, 0) is 24.1 Å². The lowest BCUT2D eigenvalue weighted by Gasteiger charge is -2.33. The second kappa shape index (κ2) is 12.1. The minimum atomic E-state index is 0.0153. The molecular weight excluding hydrogens is 546 g/mol. The molecule has 0 spiro atoms. The lowest BCUT2D eigenvalue weighted by Crippen LogP contribution is -2.38. The first kappa shape index (κ1) is 28.6. The maximum atomic E-state index is 12.6.